The third kappa shape index (κ3) is 2.24. The van der Waals surface area contributed by atoms with Gasteiger partial charge in [0.2, 0.25) is 5.16 Å². The van der Waals surface area contributed by atoms with Crippen LogP contribution in [0.15, 0.2) is 23.4 Å². The monoisotopic (exact) mass is 274 g/mol. The number of carboxylic acids is 1. The normalized spacial score (nSPS) is 11.2. The van der Waals surface area contributed by atoms with E-state index in [9.17, 15) is 4.79 Å². The summed E-state index contributed by atoms with van der Waals surface area (Å²) in [6.45, 7) is 2.01. The molecule has 0 saturated heterocycles. The van der Waals surface area contributed by atoms with Gasteiger partial charge in [0.25, 0.3) is 0 Å². The maximum atomic E-state index is 10.5. The van der Waals surface area contributed by atoms with E-state index in [0.29, 0.717) is 16.3 Å². The van der Waals surface area contributed by atoms with Gasteiger partial charge < -0.3 is 10.1 Å². The maximum absolute atomic E-state index is 10.5. The Morgan fingerprint density at radius 2 is 2.26 bits per heavy atom. The van der Waals surface area contributed by atoms with Crippen molar-refractivity contribution in [2.24, 2.45) is 0 Å². The van der Waals surface area contributed by atoms with Crippen molar-refractivity contribution in [3.8, 4) is 0 Å². The third-order valence-corrected chi connectivity index (χ3v) is 3.50. The van der Waals surface area contributed by atoms with Crippen molar-refractivity contribution in [3.63, 3.8) is 0 Å². The number of carbonyl (C=O) groups is 1. The number of aromatic amines is 1. The first kappa shape index (κ1) is 11.9. The standard InChI is InChI=1S/C12H10N4O2S/c1-6-2-3-8-7(4-6)10-11(13-8)14-12(16-15-10)19-5-9(17)18/h2-4H,5H2,1H3,(H,17,18)(H,13,14,16). The average Bonchev–Trinajstić information content (AvgIpc) is 2.73. The van der Waals surface area contributed by atoms with Crippen LogP contribution in [0, 0.1) is 6.92 Å². The lowest BCUT2D eigenvalue weighted by atomic mass is 10.2. The number of aliphatic carboxylic acids is 1. The molecule has 19 heavy (non-hydrogen) atoms. The second kappa shape index (κ2) is 4.51. The zero-order chi connectivity index (χ0) is 13.4. The first-order chi connectivity index (χ1) is 9.13. The summed E-state index contributed by atoms with van der Waals surface area (Å²) in [6, 6.07) is 6.00. The molecule has 2 N–H and O–H groups in total. The van der Waals surface area contributed by atoms with Crippen molar-refractivity contribution in [2.75, 3.05) is 5.75 Å². The summed E-state index contributed by atoms with van der Waals surface area (Å²) >= 11 is 1.05. The Labute approximate surface area is 112 Å². The van der Waals surface area contributed by atoms with Gasteiger partial charge in [0.15, 0.2) is 5.65 Å². The summed E-state index contributed by atoms with van der Waals surface area (Å²) < 4.78 is 0. The second-order valence-corrected chi connectivity index (χ2v) is 5.09. The van der Waals surface area contributed by atoms with Gasteiger partial charge in [-0.15, -0.1) is 10.2 Å². The zero-order valence-electron chi connectivity index (χ0n) is 10.0. The molecule has 2 aromatic heterocycles. The van der Waals surface area contributed by atoms with Crippen LogP contribution in [-0.4, -0.2) is 37.0 Å². The van der Waals surface area contributed by atoms with Crippen molar-refractivity contribution in [1.29, 1.82) is 0 Å². The molecule has 3 aromatic rings. The average molecular weight is 274 g/mol. The topological polar surface area (TPSA) is 91.8 Å². The van der Waals surface area contributed by atoms with Gasteiger partial charge in [0.1, 0.15) is 5.52 Å². The fraction of sp³-hybridized carbons (Fsp3) is 0.167. The first-order valence-corrected chi connectivity index (χ1v) is 6.59. The number of aryl methyl sites for hydroxylation is 1. The molecule has 0 fully saturated rings. The molecule has 0 aliphatic carbocycles. The Morgan fingerprint density at radius 1 is 1.42 bits per heavy atom. The quantitative estimate of drug-likeness (QED) is 0.710. The molecule has 0 bridgehead atoms. The van der Waals surface area contributed by atoms with Crippen molar-refractivity contribution < 1.29 is 9.90 Å². The molecule has 0 atom stereocenters. The Bertz CT molecular complexity index is 784. The van der Waals surface area contributed by atoms with Crippen LogP contribution in [0.3, 0.4) is 0 Å². The molecule has 0 spiro atoms. The van der Waals surface area contributed by atoms with Crippen LogP contribution in [0.25, 0.3) is 22.1 Å². The highest BCUT2D eigenvalue weighted by molar-refractivity contribution is 7.99. The SMILES string of the molecule is Cc1ccc2[nH]c3nc(SCC(=O)O)nnc3c2c1. The summed E-state index contributed by atoms with van der Waals surface area (Å²) in [7, 11) is 0. The number of hydrogen-bond donors (Lipinski definition) is 2. The minimum atomic E-state index is -0.902. The molecule has 3 rings (SSSR count). The molecule has 2 heterocycles. The summed E-state index contributed by atoms with van der Waals surface area (Å²) in [4.78, 5) is 18.0. The van der Waals surface area contributed by atoms with Gasteiger partial charge in [-0.25, -0.2) is 4.98 Å². The largest absolute Gasteiger partial charge is 0.481 e. The van der Waals surface area contributed by atoms with Gasteiger partial charge in [-0.1, -0.05) is 23.4 Å². The maximum Gasteiger partial charge on any atom is 0.313 e. The van der Waals surface area contributed by atoms with Gasteiger partial charge in [-0.05, 0) is 19.1 Å². The molecular formula is C12H10N4O2S. The van der Waals surface area contributed by atoms with E-state index in [1.54, 1.807) is 0 Å². The number of hydrogen-bond acceptors (Lipinski definition) is 5. The second-order valence-electron chi connectivity index (χ2n) is 4.15. The number of aromatic nitrogens is 4. The van der Waals surface area contributed by atoms with Gasteiger partial charge in [-0.3, -0.25) is 4.79 Å². The lowest BCUT2D eigenvalue weighted by Crippen LogP contribution is -2.00. The van der Waals surface area contributed by atoms with E-state index in [-0.39, 0.29) is 5.75 Å². The molecule has 7 heteroatoms. The number of nitrogens with one attached hydrogen (secondary N) is 1. The highest BCUT2D eigenvalue weighted by atomic mass is 32.2. The van der Waals surface area contributed by atoms with Crippen LogP contribution >= 0.6 is 11.8 Å². The molecule has 0 saturated carbocycles. The molecule has 0 unspecified atom stereocenters. The van der Waals surface area contributed by atoms with Crippen LogP contribution < -0.4 is 0 Å². The van der Waals surface area contributed by atoms with E-state index in [2.05, 4.69) is 20.2 Å². The number of fused-ring (bicyclic) bond motifs is 3. The number of nitrogens with zero attached hydrogens (tertiary/aromatic N) is 3. The lowest BCUT2D eigenvalue weighted by Gasteiger charge is -1.95. The number of benzene rings is 1. The van der Waals surface area contributed by atoms with E-state index in [4.69, 9.17) is 5.11 Å². The number of rotatable bonds is 3. The molecular weight excluding hydrogens is 264 g/mol. The molecule has 0 radical (unpaired) electrons. The van der Waals surface area contributed by atoms with Gasteiger partial charge in [-0.2, -0.15) is 0 Å². The number of H-pyrrole nitrogens is 1. The minimum Gasteiger partial charge on any atom is -0.481 e. The van der Waals surface area contributed by atoms with E-state index in [0.717, 1.165) is 28.2 Å². The van der Waals surface area contributed by atoms with E-state index in [1.165, 1.54) is 0 Å². The number of thioether (sulfide) groups is 1. The number of carboxylic acid groups (broad SMARTS) is 1. The van der Waals surface area contributed by atoms with Crippen LogP contribution in [-0.2, 0) is 4.79 Å². The van der Waals surface area contributed by atoms with Crippen molar-refractivity contribution in [1.82, 2.24) is 20.2 Å². The summed E-state index contributed by atoms with van der Waals surface area (Å²) in [5, 5.41) is 18.0. The van der Waals surface area contributed by atoms with E-state index in [1.807, 2.05) is 25.1 Å². The van der Waals surface area contributed by atoms with Gasteiger partial charge in [0.05, 0.1) is 5.75 Å². The highest BCUT2D eigenvalue weighted by Gasteiger charge is 2.10. The third-order valence-electron chi connectivity index (χ3n) is 2.68. The lowest BCUT2D eigenvalue weighted by molar-refractivity contribution is -0.133. The fourth-order valence-corrected chi connectivity index (χ4v) is 2.36. The molecule has 1 aromatic carbocycles. The Kier molecular flexibility index (Phi) is 2.83. The van der Waals surface area contributed by atoms with Crippen molar-refractivity contribution in [2.45, 2.75) is 12.1 Å². The summed E-state index contributed by atoms with van der Waals surface area (Å²) in [5.41, 5.74) is 3.42. The first-order valence-electron chi connectivity index (χ1n) is 5.61. The van der Waals surface area contributed by atoms with Crippen LogP contribution in [0.1, 0.15) is 5.56 Å². The van der Waals surface area contributed by atoms with Gasteiger partial charge >= 0.3 is 5.97 Å². The Morgan fingerprint density at radius 3 is 3.05 bits per heavy atom. The van der Waals surface area contributed by atoms with E-state index >= 15 is 0 Å². The van der Waals surface area contributed by atoms with Crippen molar-refractivity contribution >= 4 is 39.8 Å². The zero-order valence-corrected chi connectivity index (χ0v) is 10.9. The van der Waals surface area contributed by atoms with Crippen LogP contribution in [0.5, 0.6) is 0 Å². The predicted molar refractivity (Wildman–Crippen MR) is 72.3 cm³/mol. The minimum absolute atomic E-state index is 0.0769. The van der Waals surface area contributed by atoms with E-state index < -0.39 is 5.97 Å². The smallest absolute Gasteiger partial charge is 0.313 e. The Balaban J connectivity index is 2.08. The van der Waals surface area contributed by atoms with Crippen LogP contribution in [0.4, 0.5) is 0 Å². The van der Waals surface area contributed by atoms with Crippen LogP contribution in [0.2, 0.25) is 0 Å². The molecule has 6 nitrogen and oxygen atoms in total. The molecule has 0 aliphatic heterocycles. The van der Waals surface area contributed by atoms with Gasteiger partial charge in [0, 0.05) is 10.9 Å². The summed E-state index contributed by atoms with van der Waals surface area (Å²) in [5.74, 6) is -0.979. The Hall–Kier alpha value is -2.15. The summed E-state index contributed by atoms with van der Waals surface area (Å²) in [6.07, 6.45) is 0. The fourth-order valence-electron chi connectivity index (χ4n) is 1.86. The molecule has 0 aliphatic rings. The molecule has 96 valence electrons. The highest BCUT2D eigenvalue weighted by Crippen LogP contribution is 2.24. The predicted octanol–water partition coefficient (Wildman–Crippen LogP) is 1.99. The van der Waals surface area contributed by atoms with Crippen molar-refractivity contribution in [3.05, 3.63) is 23.8 Å². The molecule has 0 amide bonds.